The molecule has 0 saturated heterocycles. The van der Waals surface area contributed by atoms with Crippen LogP contribution in [0.25, 0.3) is 0 Å². The van der Waals surface area contributed by atoms with Gasteiger partial charge in [0.25, 0.3) is 5.91 Å². The van der Waals surface area contributed by atoms with Gasteiger partial charge in [0.15, 0.2) is 0 Å². The highest BCUT2D eigenvalue weighted by Crippen LogP contribution is 2.15. The van der Waals surface area contributed by atoms with Crippen molar-refractivity contribution < 1.29 is 14.4 Å². The van der Waals surface area contributed by atoms with E-state index >= 15 is 0 Å². The maximum absolute atomic E-state index is 12.0. The summed E-state index contributed by atoms with van der Waals surface area (Å²) in [5.41, 5.74) is 2.24. The van der Waals surface area contributed by atoms with Gasteiger partial charge in [-0.2, -0.15) is 0 Å². The minimum atomic E-state index is -0.315. The number of carbonyl (C=O) groups is 3. The molecule has 2 rings (SSSR count). The average Bonchev–Trinajstić information content (AvgIpc) is 2.67. The average molecular weight is 388 g/mol. The van der Waals surface area contributed by atoms with E-state index in [2.05, 4.69) is 16.0 Å². The molecule has 0 heterocycles. The number of hydrogen-bond acceptors (Lipinski definition) is 3. The predicted octanol–water partition coefficient (Wildman–Crippen LogP) is 2.78. The fourth-order valence-electron chi connectivity index (χ4n) is 2.41. The molecule has 0 spiro atoms. The lowest BCUT2D eigenvalue weighted by atomic mass is 10.1. The van der Waals surface area contributed by atoms with Gasteiger partial charge in [0, 0.05) is 29.2 Å². The maximum atomic E-state index is 12.0. The van der Waals surface area contributed by atoms with Gasteiger partial charge in [0.05, 0.1) is 6.54 Å². The van der Waals surface area contributed by atoms with Gasteiger partial charge in [-0.25, -0.2) is 0 Å². The Hall–Kier alpha value is -2.86. The number of carbonyl (C=O) groups excluding carboxylic acids is 3. The zero-order valence-corrected chi connectivity index (χ0v) is 15.8. The van der Waals surface area contributed by atoms with Crippen LogP contribution in [-0.4, -0.2) is 30.8 Å². The third kappa shape index (κ3) is 6.75. The number of amides is 3. The first-order valence-corrected chi connectivity index (χ1v) is 9.05. The summed E-state index contributed by atoms with van der Waals surface area (Å²) < 4.78 is 0. The molecule has 27 heavy (non-hydrogen) atoms. The van der Waals surface area contributed by atoms with Gasteiger partial charge in [-0.15, -0.1) is 0 Å². The number of para-hydroxylation sites is 1. The second-order valence-corrected chi connectivity index (χ2v) is 6.28. The summed E-state index contributed by atoms with van der Waals surface area (Å²) in [6.07, 6.45) is 0.883. The summed E-state index contributed by atoms with van der Waals surface area (Å²) in [5.74, 6) is -0.895. The molecule has 0 fully saturated rings. The number of benzene rings is 2. The highest BCUT2D eigenvalue weighted by molar-refractivity contribution is 6.30. The Morgan fingerprint density at radius 3 is 2.33 bits per heavy atom. The van der Waals surface area contributed by atoms with Crippen LogP contribution in [0.4, 0.5) is 5.69 Å². The summed E-state index contributed by atoms with van der Waals surface area (Å²) in [7, 11) is 0. The van der Waals surface area contributed by atoms with Gasteiger partial charge >= 0.3 is 0 Å². The van der Waals surface area contributed by atoms with Crippen LogP contribution in [0.15, 0.2) is 48.5 Å². The van der Waals surface area contributed by atoms with Crippen molar-refractivity contribution in [3.63, 3.8) is 0 Å². The molecular weight excluding hydrogens is 366 g/mol. The van der Waals surface area contributed by atoms with Gasteiger partial charge < -0.3 is 16.0 Å². The Balaban J connectivity index is 1.69. The zero-order valence-electron chi connectivity index (χ0n) is 15.0. The number of aryl methyl sites for hydroxylation is 1. The third-order valence-corrected chi connectivity index (χ3v) is 4.11. The lowest BCUT2D eigenvalue weighted by Crippen LogP contribution is -2.35. The number of halogens is 1. The first-order chi connectivity index (χ1) is 13.0. The second-order valence-electron chi connectivity index (χ2n) is 5.85. The van der Waals surface area contributed by atoms with Gasteiger partial charge in [0.1, 0.15) is 0 Å². The second kappa shape index (κ2) is 10.3. The molecule has 7 heteroatoms. The Labute approximate surface area is 163 Å². The van der Waals surface area contributed by atoms with Crippen LogP contribution >= 0.6 is 11.6 Å². The molecule has 0 aliphatic carbocycles. The van der Waals surface area contributed by atoms with Gasteiger partial charge in [-0.05, 0) is 42.3 Å². The molecular formula is C20H22ClN3O3. The molecule has 0 aromatic heterocycles. The zero-order chi connectivity index (χ0) is 19.6. The predicted molar refractivity (Wildman–Crippen MR) is 106 cm³/mol. The van der Waals surface area contributed by atoms with Crippen LogP contribution in [0.3, 0.4) is 0 Å². The van der Waals surface area contributed by atoms with E-state index in [0.29, 0.717) is 10.6 Å². The standard InChI is InChI=1S/C20H22ClN3O3/c1-2-14-5-3-4-6-17(14)24-19(26)13-23-18(25)11-12-22-20(27)15-7-9-16(21)10-8-15/h3-10H,2,11-13H2,1H3,(H,22,27)(H,23,25)(H,24,26). The number of nitrogens with one attached hydrogen (secondary N) is 3. The van der Waals surface area contributed by atoms with Crippen molar-refractivity contribution in [2.24, 2.45) is 0 Å². The molecule has 0 radical (unpaired) electrons. The van der Waals surface area contributed by atoms with Gasteiger partial charge in [0.2, 0.25) is 11.8 Å². The summed E-state index contributed by atoms with van der Waals surface area (Å²) >= 11 is 5.77. The Morgan fingerprint density at radius 2 is 1.63 bits per heavy atom. The van der Waals surface area contributed by atoms with Gasteiger partial charge in [-0.1, -0.05) is 36.7 Å². The van der Waals surface area contributed by atoms with Crippen molar-refractivity contribution in [3.05, 3.63) is 64.7 Å². The fourth-order valence-corrected chi connectivity index (χ4v) is 2.53. The lowest BCUT2D eigenvalue weighted by molar-refractivity contribution is -0.124. The van der Waals surface area contributed by atoms with Crippen molar-refractivity contribution in [1.82, 2.24) is 10.6 Å². The molecule has 142 valence electrons. The number of rotatable bonds is 8. The van der Waals surface area contributed by atoms with Crippen molar-refractivity contribution >= 4 is 35.0 Å². The Kier molecular flexibility index (Phi) is 7.82. The van der Waals surface area contributed by atoms with E-state index in [-0.39, 0.29) is 37.2 Å². The topological polar surface area (TPSA) is 87.3 Å². The largest absolute Gasteiger partial charge is 0.352 e. The van der Waals surface area contributed by atoms with E-state index in [0.717, 1.165) is 17.7 Å². The van der Waals surface area contributed by atoms with E-state index in [4.69, 9.17) is 11.6 Å². The number of hydrogen-bond donors (Lipinski definition) is 3. The molecule has 0 bridgehead atoms. The Morgan fingerprint density at radius 1 is 0.926 bits per heavy atom. The molecule has 0 aliphatic rings. The normalized spacial score (nSPS) is 10.1. The minimum Gasteiger partial charge on any atom is -0.352 e. The summed E-state index contributed by atoms with van der Waals surface area (Å²) in [5, 5.41) is 8.52. The highest BCUT2D eigenvalue weighted by atomic mass is 35.5. The maximum Gasteiger partial charge on any atom is 0.251 e. The van der Waals surface area contributed by atoms with Gasteiger partial charge in [-0.3, -0.25) is 14.4 Å². The Bertz CT molecular complexity index is 806. The van der Waals surface area contributed by atoms with Crippen molar-refractivity contribution in [3.8, 4) is 0 Å². The first kappa shape index (κ1) is 20.5. The SMILES string of the molecule is CCc1ccccc1NC(=O)CNC(=O)CCNC(=O)c1ccc(Cl)cc1. The van der Waals surface area contributed by atoms with E-state index in [1.54, 1.807) is 24.3 Å². The van der Waals surface area contributed by atoms with Crippen molar-refractivity contribution in [2.45, 2.75) is 19.8 Å². The smallest absolute Gasteiger partial charge is 0.251 e. The van der Waals surface area contributed by atoms with Crippen molar-refractivity contribution in [2.75, 3.05) is 18.4 Å². The van der Waals surface area contributed by atoms with Crippen LogP contribution in [-0.2, 0) is 16.0 Å². The minimum absolute atomic E-state index is 0.0815. The fraction of sp³-hybridized carbons (Fsp3) is 0.250. The summed E-state index contributed by atoms with van der Waals surface area (Å²) in [4.78, 5) is 35.7. The van der Waals surface area contributed by atoms with Crippen LogP contribution in [0, 0.1) is 0 Å². The third-order valence-electron chi connectivity index (χ3n) is 3.86. The van der Waals surface area contributed by atoms with E-state index in [1.807, 2.05) is 31.2 Å². The first-order valence-electron chi connectivity index (χ1n) is 8.67. The molecule has 0 unspecified atom stereocenters. The van der Waals surface area contributed by atoms with Crippen LogP contribution < -0.4 is 16.0 Å². The summed E-state index contributed by atoms with van der Waals surface area (Å²) in [6.45, 7) is 2.06. The van der Waals surface area contributed by atoms with Crippen LogP contribution in [0.5, 0.6) is 0 Å². The molecule has 3 N–H and O–H groups in total. The van der Waals surface area contributed by atoms with Crippen LogP contribution in [0.1, 0.15) is 29.3 Å². The van der Waals surface area contributed by atoms with E-state index in [9.17, 15) is 14.4 Å². The van der Waals surface area contributed by atoms with Crippen molar-refractivity contribution in [1.29, 1.82) is 0 Å². The molecule has 0 aliphatic heterocycles. The molecule has 2 aromatic rings. The molecule has 2 aromatic carbocycles. The highest BCUT2D eigenvalue weighted by Gasteiger charge is 2.09. The number of anilines is 1. The molecule has 0 atom stereocenters. The molecule has 3 amide bonds. The lowest BCUT2D eigenvalue weighted by Gasteiger charge is -2.10. The van der Waals surface area contributed by atoms with E-state index < -0.39 is 0 Å². The monoisotopic (exact) mass is 387 g/mol. The molecule has 6 nitrogen and oxygen atoms in total. The van der Waals surface area contributed by atoms with Crippen LogP contribution in [0.2, 0.25) is 5.02 Å². The molecule has 0 saturated carbocycles. The van der Waals surface area contributed by atoms with E-state index in [1.165, 1.54) is 0 Å². The summed E-state index contributed by atoms with van der Waals surface area (Å²) in [6, 6.07) is 14.0. The quantitative estimate of drug-likeness (QED) is 0.650.